The number of piperidine rings is 1. The van der Waals surface area contributed by atoms with Gasteiger partial charge in [0.05, 0.1) is 12.8 Å². The van der Waals surface area contributed by atoms with Crippen molar-refractivity contribution in [3.05, 3.63) is 40.9 Å². The summed E-state index contributed by atoms with van der Waals surface area (Å²) in [6.07, 6.45) is 3.68. The number of aromatic nitrogens is 1. The SMILES string of the molecule is COc1ccc(CCC(=O)Nc2nc(CN3CCC(C)CC3)cs2)cc1. The number of amides is 1. The number of carbonyl (C=O) groups excluding carboxylic acids is 1. The van der Waals surface area contributed by atoms with Crippen LogP contribution in [0.25, 0.3) is 0 Å². The number of ether oxygens (including phenoxy) is 1. The van der Waals surface area contributed by atoms with Crippen LogP contribution < -0.4 is 10.1 Å². The lowest BCUT2D eigenvalue weighted by Crippen LogP contribution is -2.32. The third kappa shape index (κ3) is 5.54. The summed E-state index contributed by atoms with van der Waals surface area (Å²) in [5, 5.41) is 5.68. The molecule has 0 saturated carbocycles. The van der Waals surface area contributed by atoms with Crippen molar-refractivity contribution in [3.63, 3.8) is 0 Å². The number of hydrogen-bond donors (Lipinski definition) is 1. The summed E-state index contributed by atoms with van der Waals surface area (Å²) in [6, 6.07) is 7.82. The highest BCUT2D eigenvalue weighted by molar-refractivity contribution is 7.13. The van der Waals surface area contributed by atoms with E-state index in [2.05, 4.69) is 27.5 Å². The lowest BCUT2D eigenvalue weighted by molar-refractivity contribution is -0.116. The van der Waals surface area contributed by atoms with Crippen LogP contribution in [0, 0.1) is 5.92 Å². The van der Waals surface area contributed by atoms with Gasteiger partial charge in [-0.05, 0) is 56.0 Å². The molecule has 0 spiro atoms. The predicted molar refractivity (Wildman–Crippen MR) is 106 cm³/mol. The minimum absolute atomic E-state index is 0.00788. The average Bonchev–Trinajstić information content (AvgIpc) is 3.09. The van der Waals surface area contributed by atoms with E-state index in [4.69, 9.17) is 4.74 Å². The topological polar surface area (TPSA) is 54.5 Å². The Hall–Kier alpha value is -1.92. The van der Waals surface area contributed by atoms with Crippen LogP contribution in [0.1, 0.15) is 37.4 Å². The van der Waals surface area contributed by atoms with Crippen molar-refractivity contribution in [2.24, 2.45) is 5.92 Å². The molecule has 6 heteroatoms. The zero-order chi connectivity index (χ0) is 18.4. The maximum absolute atomic E-state index is 12.2. The number of likely N-dealkylation sites (tertiary alicyclic amines) is 1. The van der Waals surface area contributed by atoms with Crippen molar-refractivity contribution < 1.29 is 9.53 Å². The number of methoxy groups -OCH3 is 1. The molecule has 140 valence electrons. The molecule has 1 saturated heterocycles. The van der Waals surface area contributed by atoms with Gasteiger partial charge in [-0.3, -0.25) is 9.69 Å². The first-order chi connectivity index (χ1) is 12.6. The van der Waals surface area contributed by atoms with Crippen molar-refractivity contribution in [2.45, 2.75) is 39.2 Å². The Morgan fingerprint density at radius 1 is 1.31 bits per heavy atom. The third-order valence-corrected chi connectivity index (χ3v) is 5.67. The molecule has 1 fully saturated rings. The number of nitrogens with one attached hydrogen (secondary N) is 1. The largest absolute Gasteiger partial charge is 0.497 e. The minimum Gasteiger partial charge on any atom is -0.497 e. The molecular weight excluding hydrogens is 346 g/mol. The number of benzene rings is 1. The van der Waals surface area contributed by atoms with Gasteiger partial charge in [0.2, 0.25) is 5.91 Å². The second kappa shape index (κ2) is 9.14. The third-order valence-electron chi connectivity index (χ3n) is 4.86. The molecule has 1 N–H and O–H groups in total. The number of carbonyl (C=O) groups is 1. The van der Waals surface area contributed by atoms with Gasteiger partial charge in [0, 0.05) is 18.3 Å². The van der Waals surface area contributed by atoms with Gasteiger partial charge in [0.15, 0.2) is 5.13 Å². The van der Waals surface area contributed by atoms with Crippen molar-refractivity contribution in [1.82, 2.24) is 9.88 Å². The quantitative estimate of drug-likeness (QED) is 0.798. The second-order valence-electron chi connectivity index (χ2n) is 7.00. The van der Waals surface area contributed by atoms with Gasteiger partial charge in [0.25, 0.3) is 0 Å². The summed E-state index contributed by atoms with van der Waals surface area (Å²) in [5.74, 6) is 1.67. The first-order valence-electron chi connectivity index (χ1n) is 9.22. The zero-order valence-electron chi connectivity index (χ0n) is 15.5. The van der Waals surface area contributed by atoms with E-state index in [9.17, 15) is 4.79 Å². The van der Waals surface area contributed by atoms with Crippen molar-refractivity contribution in [3.8, 4) is 5.75 Å². The van der Waals surface area contributed by atoms with Gasteiger partial charge in [-0.25, -0.2) is 4.98 Å². The standard InChI is InChI=1S/C20H27N3O2S/c1-15-9-11-23(12-10-15)13-17-14-26-20(21-17)22-19(24)8-5-16-3-6-18(25-2)7-4-16/h3-4,6-7,14-15H,5,8-13H2,1-2H3,(H,21,22,24). The van der Waals surface area contributed by atoms with E-state index in [-0.39, 0.29) is 5.91 Å². The number of aryl methyl sites for hydroxylation is 1. The fourth-order valence-corrected chi connectivity index (χ4v) is 3.84. The fraction of sp³-hybridized carbons (Fsp3) is 0.500. The fourth-order valence-electron chi connectivity index (χ4n) is 3.12. The van der Waals surface area contributed by atoms with Crippen LogP contribution in [0.2, 0.25) is 0 Å². The monoisotopic (exact) mass is 373 g/mol. The highest BCUT2D eigenvalue weighted by atomic mass is 32.1. The summed E-state index contributed by atoms with van der Waals surface area (Å²) in [7, 11) is 1.65. The van der Waals surface area contributed by atoms with Gasteiger partial charge < -0.3 is 10.1 Å². The Labute approximate surface area is 159 Å². The van der Waals surface area contributed by atoms with Crippen LogP contribution >= 0.6 is 11.3 Å². The smallest absolute Gasteiger partial charge is 0.226 e. The minimum atomic E-state index is 0.00788. The first-order valence-corrected chi connectivity index (χ1v) is 10.1. The molecule has 3 rings (SSSR count). The van der Waals surface area contributed by atoms with Gasteiger partial charge in [0.1, 0.15) is 5.75 Å². The van der Waals surface area contributed by atoms with Crippen LogP contribution in [-0.2, 0) is 17.8 Å². The van der Waals surface area contributed by atoms with E-state index in [1.54, 1.807) is 7.11 Å². The van der Waals surface area contributed by atoms with E-state index in [1.807, 2.05) is 24.3 Å². The highest BCUT2D eigenvalue weighted by Crippen LogP contribution is 2.21. The summed E-state index contributed by atoms with van der Waals surface area (Å²) >= 11 is 1.51. The molecule has 26 heavy (non-hydrogen) atoms. The molecule has 0 radical (unpaired) electrons. The summed E-state index contributed by atoms with van der Waals surface area (Å²) < 4.78 is 5.15. The normalized spacial score (nSPS) is 15.8. The van der Waals surface area contributed by atoms with Crippen molar-refractivity contribution in [1.29, 1.82) is 0 Å². The van der Waals surface area contributed by atoms with Crippen LogP contribution in [0.5, 0.6) is 5.75 Å². The summed E-state index contributed by atoms with van der Waals surface area (Å²) in [5.41, 5.74) is 2.18. The molecule has 1 aliphatic rings. The molecule has 1 aromatic carbocycles. The first kappa shape index (κ1) is 18.9. The molecule has 0 atom stereocenters. The highest BCUT2D eigenvalue weighted by Gasteiger charge is 2.17. The van der Waals surface area contributed by atoms with E-state index in [1.165, 1.54) is 24.2 Å². The van der Waals surface area contributed by atoms with E-state index >= 15 is 0 Å². The Balaban J connectivity index is 1.43. The molecule has 2 heterocycles. The molecule has 1 amide bonds. The number of nitrogens with zero attached hydrogens (tertiary/aromatic N) is 2. The molecule has 0 bridgehead atoms. The molecule has 1 aromatic heterocycles. The zero-order valence-corrected chi connectivity index (χ0v) is 16.3. The Morgan fingerprint density at radius 3 is 2.73 bits per heavy atom. The maximum atomic E-state index is 12.2. The number of anilines is 1. The van der Waals surface area contributed by atoms with Crippen molar-refractivity contribution >= 4 is 22.4 Å². The van der Waals surface area contributed by atoms with E-state index in [0.717, 1.165) is 42.6 Å². The summed E-state index contributed by atoms with van der Waals surface area (Å²) in [6.45, 7) is 5.48. The molecule has 5 nitrogen and oxygen atoms in total. The van der Waals surface area contributed by atoms with Gasteiger partial charge in [-0.1, -0.05) is 19.1 Å². The Morgan fingerprint density at radius 2 is 2.04 bits per heavy atom. The number of hydrogen-bond acceptors (Lipinski definition) is 5. The maximum Gasteiger partial charge on any atom is 0.226 e. The Kier molecular flexibility index (Phi) is 6.63. The average molecular weight is 374 g/mol. The van der Waals surface area contributed by atoms with Crippen LogP contribution in [0.15, 0.2) is 29.6 Å². The number of rotatable bonds is 7. The van der Waals surface area contributed by atoms with Crippen LogP contribution in [0.4, 0.5) is 5.13 Å². The molecule has 0 unspecified atom stereocenters. The van der Waals surface area contributed by atoms with E-state index in [0.29, 0.717) is 18.0 Å². The van der Waals surface area contributed by atoms with Gasteiger partial charge >= 0.3 is 0 Å². The lowest BCUT2D eigenvalue weighted by atomic mass is 9.99. The number of thiazole rings is 1. The molecule has 1 aliphatic heterocycles. The Bertz CT molecular complexity index is 706. The second-order valence-corrected chi connectivity index (χ2v) is 7.86. The van der Waals surface area contributed by atoms with Gasteiger partial charge in [-0.15, -0.1) is 11.3 Å². The van der Waals surface area contributed by atoms with Gasteiger partial charge in [-0.2, -0.15) is 0 Å². The molecule has 2 aromatic rings. The van der Waals surface area contributed by atoms with Crippen LogP contribution in [0.3, 0.4) is 0 Å². The summed E-state index contributed by atoms with van der Waals surface area (Å²) in [4.78, 5) is 19.2. The van der Waals surface area contributed by atoms with E-state index < -0.39 is 0 Å². The lowest BCUT2D eigenvalue weighted by Gasteiger charge is -2.29. The van der Waals surface area contributed by atoms with Crippen LogP contribution in [-0.4, -0.2) is 36.0 Å². The predicted octanol–water partition coefficient (Wildman–Crippen LogP) is 3.95. The molecule has 0 aliphatic carbocycles. The van der Waals surface area contributed by atoms with Crippen molar-refractivity contribution in [2.75, 3.05) is 25.5 Å². The molecular formula is C20H27N3O2S.